The molecule has 0 radical (unpaired) electrons. The molecule has 7 nitrogen and oxygen atoms in total. The molecule has 33 heavy (non-hydrogen) atoms. The summed E-state index contributed by atoms with van der Waals surface area (Å²) in [6.45, 7) is 4.71. The molecule has 0 saturated carbocycles. The number of halogens is 4. The van der Waals surface area contributed by atoms with Gasteiger partial charge >= 0.3 is 6.18 Å². The van der Waals surface area contributed by atoms with E-state index in [0.717, 1.165) is 12.5 Å². The molecule has 186 valence electrons. The van der Waals surface area contributed by atoms with Crippen LogP contribution in [-0.4, -0.2) is 93.6 Å². The molecule has 3 saturated heterocycles. The molecule has 8 atom stereocenters. The Kier molecular flexibility index (Phi) is 6.31. The van der Waals surface area contributed by atoms with Crippen molar-refractivity contribution in [3.8, 4) is 0 Å². The van der Waals surface area contributed by atoms with Gasteiger partial charge < -0.3 is 20.1 Å². The second kappa shape index (κ2) is 8.40. The smallest absolute Gasteiger partial charge is 0.386 e. The number of likely N-dealkylation sites (tertiary alicyclic amines) is 1. The molecule has 4 rings (SSSR count). The fraction of sp³-hybridized carbons (Fsp3) is 0.727. The molecule has 3 fully saturated rings. The van der Waals surface area contributed by atoms with E-state index in [1.165, 1.54) is 6.92 Å². The van der Waals surface area contributed by atoms with Crippen LogP contribution >= 0.6 is 0 Å². The maximum absolute atomic E-state index is 13.7. The molecule has 3 N–H and O–H groups in total. The first kappa shape index (κ1) is 24.8. The summed E-state index contributed by atoms with van der Waals surface area (Å²) < 4.78 is 59.1. The van der Waals surface area contributed by atoms with E-state index >= 15 is 0 Å². The first-order valence-electron chi connectivity index (χ1n) is 11.0. The number of alkyl halides is 3. The monoisotopic (exact) mass is 477 g/mol. The quantitative estimate of drug-likeness (QED) is 0.571. The van der Waals surface area contributed by atoms with E-state index in [4.69, 9.17) is 4.74 Å². The number of hydrogen-bond donors (Lipinski definition) is 3. The van der Waals surface area contributed by atoms with Crippen molar-refractivity contribution in [3.05, 3.63) is 35.1 Å². The van der Waals surface area contributed by atoms with Gasteiger partial charge in [-0.05, 0) is 52.1 Å². The van der Waals surface area contributed by atoms with Crippen molar-refractivity contribution in [2.24, 2.45) is 5.92 Å². The highest BCUT2D eigenvalue weighted by Gasteiger charge is 2.59. The number of benzene rings is 1. The van der Waals surface area contributed by atoms with Gasteiger partial charge in [0.1, 0.15) is 36.0 Å². The molecule has 1 aromatic rings. The summed E-state index contributed by atoms with van der Waals surface area (Å²) in [5.41, 5.74) is -3.73. The summed E-state index contributed by atoms with van der Waals surface area (Å²) in [5.74, 6) is -1.19. The van der Waals surface area contributed by atoms with Crippen molar-refractivity contribution in [1.29, 1.82) is 0 Å². The summed E-state index contributed by atoms with van der Waals surface area (Å²) in [6, 6.07) is 2.44. The second-order valence-electron chi connectivity index (χ2n) is 9.80. The summed E-state index contributed by atoms with van der Waals surface area (Å²) in [6.07, 6.45) is -9.68. The Hall–Kier alpha value is -1.34. The van der Waals surface area contributed by atoms with Crippen molar-refractivity contribution >= 4 is 0 Å². The SMILES string of the molecule is CC1C2CCN([C@@H]3O[C@H]([C@H](O)c4ccc(F)c(C(F)(F)F)c4)[C@@](C)(O)[C@H]3O)C2N(C)CN1C. The normalized spacial score (nSPS) is 39.7. The number of aliphatic hydroxyl groups excluding tert-OH is 2. The maximum atomic E-state index is 13.7. The third kappa shape index (κ3) is 4.07. The summed E-state index contributed by atoms with van der Waals surface area (Å²) in [7, 11) is 4.00. The van der Waals surface area contributed by atoms with Gasteiger partial charge in [0.05, 0.1) is 18.4 Å². The average Bonchev–Trinajstić information content (AvgIpc) is 3.25. The number of ether oxygens (including phenoxy) is 1. The van der Waals surface area contributed by atoms with Gasteiger partial charge in [0, 0.05) is 18.5 Å². The molecular weight excluding hydrogens is 446 g/mol. The fourth-order valence-electron chi connectivity index (χ4n) is 5.66. The van der Waals surface area contributed by atoms with Crippen molar-refractivity contribution in [2.75, 3.05) is 27.3 Å². The maximum Gasteiger partial charge on any atom is 0.419 e. The predicted octanol–water partition coefficient (Wildman–Crippen LogP) is 1.59. The number of aliphatic hydroxyl groups is 3. The van der Waals surface area contributed by atoms with Crippen LogP contribution in [0.4, 0.5) is 17.6 Å². The first-order chi connectivity index (χ1) is 15.2. The topological polar surface area (TPSA) is 79.6 Å². The van der Waals surface area contributed by atoms with E-state index in [1.807, 2.05) is 19.0 Å². The Labute approximate surface area is 190 Å². The van der Waals surface area contributed by atoms with Crippen LogP contribution in [-0.2, 0) is 10.9 Å². The summed E-state index contributed by atoms with van der Waals surface area (Å²) >= 11 is 0. The second-order valence-corrected chi connectivity index (χ2v) is 9.80. The van der Waals surface area contributed by atoms with Crippen molar-refractivity contribution in [3.63, 3.8) is 0 Å². The van der Waals surface area contributed by atoms with Gasteiger partial charge in [0.25, 0.3) is 0 Å². The number of hydrogen-bond acceptors (Lipinski definition) is 7. The third-order valence-electron chi connectivity index (χ3n) is 7.64. The van der Waals surface area contributed by atoms with E-state index in [1.54, 1.807) is 0 Å². The highest BCUT2D eigenvalue weighted by molar-refractivity contribution is 5.30. The Bertz CT molecular complexity index is 886. The number of rotatable bonds is 3. The molecular formula is C22H31F4N3O4. The molecule has 0 spiro atoms. The highest BCUT2D eigenvalue weighted by atomic mass is 19.4. The predicted molar refractivity (Wildman–Crippen MR) is 110 cm³/mol. The minimum Gasteiger partial charge on any atom is -0.386 e. The molecule has 0 aromatic heterocycles. The van der Waals surface area contributed by atoms with Crippen molar-refractivity contribution < 1.29 is 37.6 Å². The van der Waals surface area contributed by atoms with Crippen LogP contribution < -0.4 is 0 Å². The van der Waals surface area contributed by atoms with Crippen LogP contribution in [0.5, 0.6) is 0 Å². The lowest BCUT2D eigenvalue weighted by Crippen LogP contribution is -2.62. The zero-order valence-corrected chi connectivity index (χ0v) is 19.0. The Morgan fingerprint density at radius 2 is 1.88 bits per heavy atom. The zero-order chi connectivity index (χ0) is 24.5. The van der Waals surface area contributed by atoms with Gasteiger partial charge in [0.2, 0.25) is 0 Å². The Balaban J connectivity index is 1.60. The standard InChI is InChI=1S/C22H31F4N3O4/c1-11-13-7-8-29(19(13)28(4)10-27(11)3)20-17(31)21(2,32)18(33-20)16(30)12-5-6-15(23)14(9-12)22(24,25)26/h5-6,9,11,13,16-20,30-32H,7-8,10H2,1-4H3/t11?,13?,16-,17+,18-,19?,20-,21+/m1/s1. The highest BCUT2D eigenvalue weighted by Crippen LogP contribution is 2.44. The number of fused-ring (bicyclic) bond motifs is 1. The van der Waals surface area contributed by atoms with Crippen molar-refractivity contribution in [2.45, 2.75) is 68.8 Å². The minimum atomic E-state index is -4.94. The average molecular weight is 477 g/mol. The number of nitrogens with zero attached hydrogens (tertiary/aromatic N) is 3. The zero-order valence-electron chi connectivity index (χ0n) is 19.0. The first-order valence-corrected chi connectivity index (χ1v) is 11.0. The lowest BCUT2D eigenvalue weighted by atomic mass is 9.87. The van der Waals surface area contributed by atoms with Crippen LogP contribution in [0.3, 0.4) is 0 Å². The van der Waals surface area contributed by atoms with Gasteiger partial charge in [-0.1, -0.05) is 6.07 Å². The van der Waals surface area contributed by atoms with E-state index in [-0.39, 0.29) is 23.7 Å². The molecule has 3 unspecified atom stereocenters. The minimum absolute atomic E-state index is 0.0646. The van der Waals surface area contributed by atoms with Crippen LogP contribution in [0.15, 0.2) is 18.2 Å². The molecule has 11 heteroatoms. The lowest BCUT2D eigenvalue weighted by Gasteiger charge is -2.48. The molecule has 3 aliphatic rings. The largest absolute Gasteiger partial charge is 0.419 e. The molecule has 3 aliphatic heterocycles. The van der Waals surface area contributed by atoms with Gasteiger partial charge in [-0.2, -0.15) is 13.2 Å². The Morgan fingerprint density at radius 3 is 2.52 bits per heavy atom. The Morgan fingerprint density at radius 1 is 1.21 bits per heavy atom. The van der Waals surface area contributed by atoms with Gasteiger partial charge in [-0.25, -0.2) is 4.39 Å². The summed E-state index contributed by atoms with van der Waals surface area (Å²) in [4.78, 5) is 6.31. The summed E-state index contributed by atoms with van der Waals surface area (Å²) in [5, 5.41) is 32.9. The van der Waals surface area contributed by atoms with Crippen LogP contribution in [0, 0.1) is 11.7 Å². The van der Waals surface area contributed by atoms with E-state index in [9.17, 15) is 32.9 Å². The van der Waals surface area contributed by atoms with Crippen molar-refractivity contribution in [1.82, 2.24) is 14.7 Å². The van der Waals surface area contributed by atoms with Crippen LogP contribution in [0.25, 0.3) is 0 Å². The molecule has 0 amide bonds. The van der Waals surface area contributed by atoms with Crippen LogP contribution in [0.2, 0.25) is 0 Å². The fourth-order valence-corrected chi connectivity index (χ4v) is 5.66. The molecule has 1 aromatic carbocycles. The van der Waals surface area contributed by atoms with E-state index in [0.29, 0.717) is 25.3 Å². The molecule has 0 aliphatic carbocycles. The molecule has 0 bridgehead atoms. The van der Waals surface area contributed by atoms with E-state index < -0.39 is 47.7 Å². The van der Waals surface area contributed by atoms with Gasteiger partial charge in [-0.15, -0.1) is 0 Å². The van der Waals surface area contributed by atoms with Gasteiger partial charge in [0.15, 0.2) is 0 Å². The van der Waals surface area contributed by atoms with E-state index in [2.05, 4.69) is 16.7 Å². The molecule has 3 heterocycles. The van der Waals surface area contributed by atoms with Gasteiger partial charge in [-0.3, -0.25) is 14.7 Å². The third-order valence-corrected chi connectivity index (χ3v) is 7.64. The van der Waals surface area contributed by atoms with Crippen LogP contribution in [0.1, 0.15) is 37.5 Å². The lowest BCUT2D eigenvalue weighted by molar-refractivity contribution is -0.156.